The van der Waals surface area contributed by atoms with E-state index < -0.39 is 0 Å². The molecule has 3 aromatic rings. The molecule has 1 heterocycles. The summed E-state index contributed by atoms with van der Waals surface area (Å²) in [6.07, 6.45) is 3.84. The van der Waals surface area contributed by atoms with Crippen molar-refractivity contribution < 1.29 is 0 Å². The first-order valence-corrected chi connectivity index (χ1v) is 7.94. The van der Waals surface area contributed by atoms with Gasteiger partial charge < -0.3 is 0 Å². The molecular formula is C21H19N3. The van der Waals surface area contributed by atoms with Crippen LogP contribution in [0.5, 0.6) is 0 Å². The molecule has 0 bridgehead atoms. The van der Waals surface area contributed by atoms with E-state index in [9.17, 15) is 0 Å². The molecule has 0 unspecified atom stereocenters. The molecule has 0 spiro atoms. The van der Waals surface area contributed by atoms with Gasteiger partial charge in [0.25, 0.3) is 0 Å². The predicted molar refractivity (Wildman–Crippen MR) is 97.2 cm³/mol. The highest BCUT2D eigenvalue weighted by Crippen LogP contribution is 2.16. The van der Waals surface area contributed by atoms with Gasteiger partial charge in [-0.25, -0.2) is 0 Å². The summed E-state index contributed by atoms with van der Waals surface area (Å²) in [4.78, 5) is 6.82. The van der Waals surface area contributed by atoms with E-state index in [0.717, 1.165) is 36.1 Å². The smallest absolute Gasteiger partial charge is 0.0991 e. The topological polar surface area (TPSA) is 39.9 Å². The highest BCUT2D eigenvalue weighted by molar-refractivity contribution is 5.78. The molecule has 3 rings (SSSR count). The Bertz CT molecular complexity index is 893. The number of aromatic nitrogens is 1. The number of benzene rings is 2. The normalized spacial score (nSPS) is 10.7. The summed E-state index contributed by atoms with van der Waals surface area (Å²) in [6, 6.07) is 20.3. The Morgan fingerprint density at radius 2 is 1.88 bits per heavy atom. The van der Waals surface area contributed by atoms with Crippen LogP contribution in [0.4, 0.5) is 0 Å². The van der Waals surface area contributed by atoms with E-state index in [1.807, 2.05) is 48.7 Å². The highest BCUT2D eigenvalue weighted by Gasteiger charge is 2.07. The molecule has 0 N–H and O–H groups in total. The Kier molecular flexibility index (Phi) is 5.00. The number of para-hydroxylation sites is 1. The van der Waals surface area contributed by atoms with Gasteiger partial charge in [0.1, 0.15) is 0 Å². The molecule has 0 fully saturated rings. The van der Waals surface area contributed by atoms with Gasteiger partial charge in [-0.3, -0.25) is 9.88 Å². The van der Waals surface area contributed by atoms with Crippen LogP contribution in [0.1, 0.15) is 16.7 Å². The van der Waals surface area contributed by atoms with Gasteiger partial charge in [-0.1, -0.05) is 36.4 Å². The number of hydrogen-bond acceptors (Lipinski definition) is 3. The number of nitriles is 1. The quantitative estimate of drug-likeness (QED) is 0.637. The van der Waals surface area contributed by atoms with Crippen molar-refractivity contribution in [2.75, 3.05) is 6.54 Å². The van der Waals surface area contributed by atoms with Gasteiger partial charge >= 0.3 is 0 Å². The van der Waals surface area contributed by atoms with Crippen molar-refractivity contribution in [3.8, 4) is 6.07 Å². The molecule has 2 aromatic carbocycles. The van der Waals surface area contributed by atoms with Gasteiger partial charge in [0.15, 0.2) is 0 Å². The fourth-order valence-electron chi connectivity index (χ4n) is 2.83. The molecule has 0 aliphatic heterocycles. The second-order valence-corrected chi connectivity index (χ2v) is 5.81. The average molecular weight is 313 g/mol. The van der Waals surface area contributed by atoms with E-state index in [2.05, 4.69) is 40.7 Å². The van der Waals surface area contributed by atoms with Crippen LogP contribution in [0.25, 0.3) is 10.9 Å². The van der Waals surface area contributed by atoms with Crippen LogP contribution in [0.15, 0.2) is 73.4 Å². The zero-order valence-electron chi connectivity index (χ0n) is 13.5. The Hall–Kier alpha value is -2.96. The molecule has 3 heteroatoms. The van der Waals surface area contributed by atoms with Gasteiger partial charge in [0, 0.05) is 31.2 Å². The van der Waals surface area contributed by atoms with Crippen LogP contribution in [0.2, 0.25) is 0 Å². The summed E-state index contributed by atoms with van der Waals surface area (Å²) < 4.78 is 0. The van der Waals surface area contributed by atoms with E-state index in [1.165, 1.54) is 5.56 Å². The summed E-state index contributed by atoms with van der Waals surface area (Å²) in [6.45, 7) is 6.20. The molecule has 3 nitrogen and oxygen atoms in total. The SMILES string of the molecule is C=CCN(Cc1cccc(C#N)c1)Cc1cnc2ccccc2c1. The van der Waals surface area contributed by atoms with Gasteiger partial charge in [-0.2, -0.15) is 5.26 Å². The molecule has 0 atom stereocenters. The molecule has 0 saturated carbocycles. The molecule has 0 aliphatic carbocycles. The Morgan fingerprint density at radius 1 is 1.04 bits per heavy atom. The standard InChI is InChI=1S/C21H19N3/c1-2-10-24(15-18-7-5-6-17(11-18)13-22)16-19-12-20-8-3-4-9-21(20)23-14-19/h2-9,11-12,14H,1,10,15-16H2. The van der Waals surface area contributed by atoms with Crippen molar-refractivity contribution in [1.29, 1.82) is 5.26 Å². The number of hydrogen-bond donors (Lipinski definition) is 0. The van der Waals surface area contributed by atoms with Crippen molar-refractivity contribution in [2.45, 2.75) is 13.1 Å². The minimum absolute atomic E-state index is 0.693. The lowest BCUT2D eigenvalue weighted by Gasteiger charge is -2.21. The third kappa shape index (κ3) is 3.87. The monoisotopic (exact) mass is 313 g/mol. The van der Waals surface area contributed by atoms with Crippen LogP contribution in [-0.2, 0) is 13.1 Å². The maximum atomic E-state index is 9.05. The number of rotatable bonds is 6. The van der Waals surface area contributed by atoms with Crippen LogP contribution < -0.4 is 0 Å². The van der Waals surface area contributed by atoms with Crippen LogP contribution in [-0.4, -0.2) is 16.4 Å². The summed E-state index contributed by atoms with van der Waals surface area (Å²) in [5, 5.41) is 10.2. The van der Waals surface area contributed by atoms with Crippen molar-refractivity contribution in [1.82, 2.24) is 9.88 Å². The molecule has 1 aromatic heterocycles. The summed E-state index contributed by atoms with van der Waals surface area (Å²) in [5.41, 5.74) is 4.01. The number of pyridine rings is 1. The summed E-state index contributed by atoms with van der Waals surface area (Å²) >= 11 is 0. The Balaban J connectivity index is 1.79. The first-order valence-electron chi connectivity index (χ1n) is 7.94. The molecular weight excluding hydrogens is 294 g/mol. The molecule has 24 heavy (non-hydrogen) atoms. The third-order valence-electron chi connectivity index (χ3n) is 3.90. The largest absolute Gasteiger partial charge is 0.291 e. The first kappa shape index (κ1) is 15.9. The third-order valence-corrected chi connectivity index (χ3v) is 3.90. The fraction of sp³-hybridized carbons (Fsp3) is 0.143. The van der Waals surface area contributed by atoms with E-state index in [-0.39, 0.29) is 0 Å². The van der Waals surface area contributed by atoms with E-state index >= 15 is 0 Å². The zero-order chi connectivity index (χ0) is 16.8. The van der Waals surface area contributed by atoms with Gasteiger partial charge in [-0.05, 0) is 35.4 Å². The Labute approximate surface area is 142 Å². The van der Waals surface area contributed by atoms with Gasteiger partial charge in [0.05, 0.1) is 17.1 Å². The number of nitrogens with zero attached hydrogens (tertiary/aromatic N) is 3. The molecule has 118 valence electrons. The fourth-order valence-corrected chi connectivity index (χ4v) is 2.83. The highest BCUT2D eigenvalue weighted by atomic mass is 15.1. The Morgan fingerprint density at radius 3 is 2.71 bits per heavy atom. The minimum Gasteiger partial charge on any atom is -0.291 e. The lowest BCUT2D eigenvalue weighted by Crippen LogP contribution is -2.23. The van der Waals surface area contributed by atoms with Crippen molar-refractivity contribution in [2.24, 2.45) is 0 Å². The lowest BCUT2D eigenvalue weighted by atomic mass is 10.1. The molecule has 0 aliphatic rings. The predicted octanol–water partition coefficient (Wildman–Crippen LogP) is 4.29. The maximum absolute atomic E-state index is 9.05. The van der Waals surface area contributed by atoms with Gasteiger partial charge in [0.2, 0.25) is 0 Å². The second-order valence-electron chi connectivity index (χ2n) is 5.81. The number of fused-ring (bicyclic) bond motifs is 1. The average Bonchev–Trinajstić information content (AvgIpc) is 2.62. The molecule has 0 amide bonds. The molecule has 0 radical (unpaired) electrons. The second kappa shape index (κ2) is 7.54. The molecule has 0 saturated heterocycles. The summed E-state index contributed by atoms with van der Waals surface area (Å²) in [7, 11) is 0. The van der Waals surface area contributed by atoms with Crippen LogP contribution >= 0.6 is 0 Å². The lowest BCUT2D eigenvalue weighted by molar-refractivity contribution is 0.286. The van der Waals surface area contributed by atoms with Crippen molar-refractivity contribution in [3.05, 3.63) is 90.1 Å². The summed E-state index contributed by atoms with van der Waals surface area (Å²) in [5.74, 6) is 0. The first-order chi connectivity index (χ1) is 11.8. The van der Waals surface area contributed by atoms with E-state index in [1.54, 1.807) is 0 Å². The van der Waals surface area contributed by atoms with E-state index in [0.29, 0.717) is 5.56 Å². The van der Waals surface area contributed by atoms with Gasteiger partial charge in [-0.15, -0.1) is 6.58 Å². The minimum atomic E-state index is 0.693. The van der Waals surface area contributed by atoms with Crippen molar-refractivity contribution >= 4 is 10.9 Å². The van der Waals surface area contributed by atoms with Crippen molar-refractivity contribution in [3.63, 3.8) is 0 Å². The van der Waals surface area contributed by atoms with Crippen LogP contribution in [0.3, 0.4) is 0 Å². The van der Waals surface area contributed by atoms with Crippen LogP contribution in [0, 0.1) is 11.3 Å². The maximum Gasteiger partial charge on any atom is 0.0991 e. The van der Waals surface area contributed by atoms with E-state index in [4.69, 9.17) is 5.26 Å². The zero-order valence-corrected chi connectivity index (χ0v) is 13.5.